The average Bonchev–Trinajstić information content (AvgIpc) is 2.47. The molecule has 2 rings (SSSR count). The first-order valence-electron chi connectivity index (χ1n) is 4.98. The number of halogens is 1. The van der Waals surface area contributed by atoms with E-state index in [0.717, 1.165) is 32.2 Å². The number of nitrogens with zero attached hydrogens (tertiary/aromatic N) is 1. The van der Waals surface area contributed by atoms with Gasteiger partial charge in [-0.25, -0.2) is 0 Å². The molecule has 14 heavy (non-hydrogen) atoms. The summed E-state index contributed by atoms with van der Waals surface area (Å²) in [6.45, 7) is 6.78. The number of nitrogens with one attached hydrogen (secondary N) is 1. The molecular formula is C10H15BrN2S. The molecule has 0 bridgehead atoms. The predicted octanol–water partition coefficient (Wildman–Crippen LogP) is 2.30. The molecule has 0 atom stereocenters. The van der Waals surface area contributed by atoms with Crippen molar-refractivity contribution in [3.8, 4) is 0 Å². The molecule has 1 aromatic heterocycles. The SMILES string of the molecule is CCN(Cc1ccc(Br)s1)C1CNC1. The molecule has 0 unspecified atom stereocenters. The van der Waals surface area contributed by atoms with Crippen LogP contribution < -0.4 is 5.32 Å². The van der Waals surface area contributed by atoms with Gasteiger partial charge in [-0.05, 0) is 34.6 Å². The molecule has 4 heteroatoms. The van der Waals surface area contributed by atoms with E-state index in [1.165, 1.54) is 8.66 Å². The summed E-state index contributed by atoms with van der Waals surface area (Å²) in [5.74, 6) is 0. The third kappa shape index (κ3) is 2.37. The highest BCUT2D eigenvalue weighted by molar-refractivity contribution is 9.11. The molecule has 78 valence electrons. The maximum atomic E-state index is 3.50. The monoisotopic (exact) mass is 274 g/mol. The van der Waals surface area contributed by atoms with Crippen molar-refractivity contribution in [1.29, 1.82) is 0 Å². The smallest absolute Gasteiger partial charge is 0.0701 e. The second-order valence-electron chi connectivity index (χ2n) is 3.58. The van der Waals surface area contributed by atoms with E-state index in [0.29, 0.717) is 0 Å². The van der Waals surface area contributed by atoms with Crippen molar-refractivity contribution in [1.82, 2.24) is 10.2 Å². The normalized spacial score (nSPS) is 17.4. The van der Waals surface area contributed by atoms with Gasteiger partial charge in [-0.3, -0.25) is 4.90 Å². The van der Waals surface area contributed by atoms with E-state index in [9.17, 15) is 0 Å². The molecule has 0 spiro atoms. The summed E-state index contributed by atoms with van der Waals surface area (Å²) in [5, 5.41) is 3.32. The van der Waals surface area contributed by atoms with Gasteiger partial charge in [0.25, 0.3) is 0 Å². The summed E-state index contributed by atoms with van der Waals surface area (Å²) in [4.78, 5) is 3.99. The van der Waals surface area contributed by atoms with Crippen molar-refractivity contribution in [3.63, 3.8) is 0 Å². The zero-order valence-corrected chi connectivity index (χ0v) is 10.7. The Morgan fingerprint density at radius 3 is 2.79 bits per heavy atom. The summed E-state index contributed by atoms with van der Waals surface area (Å²) in [5.41, 5.74) is 0. The molecule has 0 aliphatic carbocycles. The van der Waals surface area contributed by atoms with Crippen LogP contribution in [-0.2, 0) is 6.54 Å². The zero-order valence-electron chi connectivity index (χ0n) is 8.29. The molecule has 0 amide bonds. The summed E-state index contributed by atoms with van der Waals surface area (Å²) in [6, 6.07) is 5.09. The van der Waals surface area contributed by atoms with Crippen LogP contribution in [0.5, 0.6) is 0 Å². The van der Waals surface area contributed by atoms with Gasteiger partial charge in [-0.2, -0.15) is 0 Å². The van der Waals surface area contributed by atoms with Crippen LogP contribution in [0.4, 0.5) is 0 Å². The lowest BCUT2D eigenvalue weighted by Gasteiger charge is -2.37. The third-order valence-corrected chi connectivity index (χ3v) is 4.28. The molecular weight excluding hydrogens is 260 g/mol. The fourth-order valence-electron chi connectivity index (χ4n) is 1.67. The molecule has 1 aromatic rings. The van der Waals surface area contributed by atoms with Gasteiger partial charge in [0.2, 0.25) is 0 Å². The lowest BCUT2D eigenvalue weighted by molar-refractivity contribution is 0.146. The fraction of sp³-hybridized carbons (Fsp3) is 0.600. The Bertz CT molecular complexity index is 296. The molecule has 2 nitrogen and oxygen atoms in total. The maximum Gasteiger partial charge on any atom is 0.0701 e. The van der Waals surface area contributed by atoms with Crippen LogP contribution in [0.3, 0.4) is 0 Å². The van der Waals surface area contributed by atoms with Gasteiger partial charge in [-0.15, -0.1) is 11.3 Å². The molecule has 0 aromatic carbocycles. The lowest BCUT2D eigenvalue weighted by atomic mass is 10.1. The number of rotatable bonds is 4. The Morgan fingerprint density at radius 2 is 2.36 bits per heavy atom. The topological polar surface area (TPSA) is 15.3 Å². The molecule has 1 N–H and O–H groups in total. The molecule has 0 saturated carbocycles. The van der Waals surface area contributed by atoms with E-state index in [-0.39, 0.29) is 0 Å². The van der Waals surface area contributed by atoms with E-state index in [1.54, 1.807) is 0 Å². The zero-order chi connectivity index (χ0) is 9.97. The largest absolute Gasteiger partial charge is 0.314 e. The molecule has 1 saturated heterocycles. The Kier molecular flexibility index (Phi) is 3.60. The van der Waals surface area contributed by atoms with Crippen molar-refractivity contribution < 1.29 is 0 Å². The van der Waals surface area contributed by atoms with Crippen molar-refractivity contribution in [3.05, 3.63) is 20.8 Å². The number of likely N-dealkylation sites (N-methyl/N-ethyl adjacent to an activating group) is 1. The second-order valence-corrected chi connectivity index (χ2v) is 6.13. The van der Waals surface area contributed by atoms with Gasteiger partial charge in [0.1, 0.15) is 0 Å². The summed E-state index contributed by atoms with van der Waals surface area (Å²) < 4.78 is 1.23. The average molecular weight is 275 g/mol. The van der Waals surface area contributed by atoms with Crippen molar-refractivity contribution >= 4 is 27.3 Å². The van der Waals surface area contributed by atoms with E-state index in [4.69, 9.17) is 0 Å². The van der Waals surface area contributed by atoms with Crippen LogP contribution in [0.2, 0.25) is 0 Å². The van der Waals surface area contributed by atoms with Crippen LogP contribution >= 0.6 is 27.3 Å². The molecule has 2 heterocycles. The van der Waals surface area contributed by atoms with Crippen LogP contribution in [0.1, 0.15) is 11.8 Å². The quantitative estimate of drug-likeness (QED) is 0.907. The van der Waals surface area contributed by atoms with Gasteiger partial charge in [-0.1, -0.05) is 6.92 Å². The Labute approximate surface area is 97.4 Å². The van der Waals surface area contributed by atoms with Gasteiger partial charge >= 0.3 is 0 Å². The van der Waals surface area contributed by atoms with Crippen molar-refractivity contribution in [2.24, 2.45) is 0 Å². The lowest BCUT2D eigenvalue weighted by Crippen LogP contribution is -2.56. The standard InChI is InChI=1S/C10H15BrN2S/c1-2-13(8-5-12-6-8)7-9-3-4-10(11)14-9/h3-4,8,12H,2,5-7H2,1H3. The Hall–Kier alpha value is 0.1000. The highest BCUT2D eigenvalue weighted by Crippen LogP contribution is 2.24. The first-order valence-corrected chi connectivity index (χ1v) is 6.59. The third-order valence-electron chi connectivity index (χ3n) is 2.67. The molecule has 1 aliphatic rings. The number of thiophene rings is 1. The minimum Gasteiger partial charge on any atom is -0.314 e. The first kappa shape index (κ1) is 10.6. The molecule has 1 fully saturated rings. The molecule has 1 aliphatic heterocycles. The van der Waals surface area contributed by atoms with Gasteiger partial charge < -0.3 is 5.32 Å². The van der Waals surface area contributed by atoms with Crippen molar-refractivity contribution in [2.75, 3.05) is 19.6 Å². The van der Waals surface area contributed by atoms with Crippen LogP contribution in [0.25, 0.3) is 0 Å². The van der Waals surface area contributed by atoms with Gasteiger partial charge in [0.15, 0.2) is 0 Å². The van der Waals surface area contributed by atoms with E-state index < -0.39 is 0 Å². The Morgan fingerprint density at radius 1 is 1.57 bits per heavy atom. The van der Waals surface area contributed by atoms with Gasteiger partial charge in [0.05, 0.1) is 3.79 Å². The van der Waals surface area contributed by atoms with E-state index >= 15 is 0 Å². The minimum absolute atomic E-state index is 0.751. The number of hydrogen-bond donors (Lipinski definition) is 1. The van der Waals surface area contributed by atoms with E-state index in [2.05, 4.69) is 45.2 Å². The van der Waals surface area contributed by atoms with Crippen molar-refractivity contribution in [2.45, 2.75) is 19.5 Å². The van der Waals surface area contributed by atoms with Crippen LogP contribution in [0, 0.1) is 0 Å². The van der Waals surface area contributed by atoms with E-state index in [1.807, 2.05) is 11.3 Å². The highest BCUT2D eigenvalue weighted by atomic mass is 79.9. The highest BCUT2D eigenvalue weighted by Gasteiger charge is 2.23. The summed E-state index contributed by atoms with van der Waals surface area (Å²) >= 11 is 5.34. The summed E-state index contributed by atoms with van der Waals surface area (Å²) in [6.07, 6.45) is 0. The fourth-order valence-corrected chi connectivity index (χ4v) is 3.18. The maximum absolute atomic E-state index is 3.50. The van der Waals surface area contributed by atoms with Crippen LogP contribution in [0.15, 0.2) is 15.9 Å². The summed E-state index contributed by atoms with van der Waals surface area (Å²) in [7, 11) is 0. The minimum atomic E-state index is 0.751. The predicted molar refractivity (Wildman–Crippen MR) is 64.8 cm³/mol. The second kappa shape index (κ2) is 4.75. The first-order chi connectivity index (χ1) is 6.79. The number of hydrogen-bond acceptors (Lipinski definition) is 3. The van der Waals surface area contributed by atoms with Gasteiger partial charge in [0, 0.05) is 30.6 Å². The van der Waals surface area contributed by atoms with Crippen LogP contribution in [-0.4, -0.2) is 30.6 Å². The Balaban J connectivity index is 1.93. The molecule has 0 radical (unpaired) electrons.